The van der Waals surface area contributed by atoms with Gasteiger partial charge in [-0.05, 0) is 109 Å². The van der Waals surface area contributed by atoms with Crippen LogP contribution in [0.3, 0.4) is 0 Å². The van der Waals surface area contributed by atoms with Crippen molar-refractivity contribution in [3.63, 3.8) is 0 Å². The fraction of sp³-hybridized carbons (Fsp3) is 0.842. The molecule has 120 heavy (non-hydrogen) atoms. The van der Waals surface area contributed by atoms with E-state index in [1.165, 1.54) is 19.6 Å². The molecule has 4 atom stereocenters. The molecule has 44 nitrogen and oxygen atoms in total. The summed E-state index contributed by atoms with van der Waals surface area (Å²) >= 11 is 0. The van der Waals surface area contributed by atoms with Crippen LogP contribution in [0.5, 0.6) is 0 Å². The zero-order valence-electron chi connectivity index (χ0n) is 71.9. The molecule has 2 aliphatic rings. The fourth-order valence-electron chi connectivity index (χ4n) is 12.6. The van der Waals surface area contributed by atoms with E-state index < -0.39 is 245 Å². The molecule has 2 saturated heterocycles. The molecule has 4 amide bonds. The molecule has 0 aromatic rings. The maximum absolute atomic E-state index is 14.1. The first-order chi connectivity index (χ1) is 55.8. The maximum atomic E-state index is 14.1. The summed E-state index contributed by atoms with van der Waals surface area (Å²) in [7, 11) is 0. The molecule has 0 aromatic heterocycles. The lowest BCUT2D eigenvalue weighted by molar-refractivity contribution is -0.164. The lowest BCUT2D eigenvalue weighted by atomic mass is 10.0. The molecule has 20 N–H and O–H groups in total. The molecule has 0 aromatic carbocycles. The van der Waals surface area contributed by atoms with Gasteiger partial charge in [-0.15, -0.1) is 0 Å². The molecule has 0 saturated carbocycles. The topological polar surface area (TPSA) is 639 Å². The number of nitrogens with one attached hydrogen (secondary N) is 4. The first-order valence-electron chi connectivity index (χ1n) is 40.0. The molecule has 0 aliphatic carbocycles. The molecule has 0 spiro atoms. The van der Waals surface area contributed by atoms with Crippen LogP contribution >= 0.6 is 0 Å². The minimum absolute atomic E-state index is 0.0383. The summed E-state index contributed by atoms with van der Waals surface area (Å²) in [6, 6.07) is -4.78. The van der Waals surface area contributed by atoms with Crippen LogP contribution in [0.4, 0.5) is 0 Å². The number of carbonyl (C=O) groups excluding carboxylic acids is 8. The van der Waals surface area contributed by atoms with E-state index in [4.69, 9.17) is 18.9 Å². The quantitative estimate of drug-likeness (QED) is 0.0199. The van der Waals surface area contributed by atoms with Crippen molar-refractivity contribution < 1.29 is 158 Å². The van der Waals surface area contributed by atoms with Gasteiger partial charge in [0, 0.05) is 130 Å². The predicted octanol–water partition coefficient (Wildman–Crippen LogP) is -7.96. The molecule has 2 heterocycles. The summed E-state index contributed by atoms with van der Waals surface area (Å²) in [4.78, 5) is 168. The highest BCUT2D eigenvalue weighted by Gasteiger charge is 2.41. The Kier molecular flexibility index (Phi) is 49.1. The van der Waals surface area contributed by atoms with Crippen LogP contribution in [0.1, 0.15) is 134 Å². The van der Waals surface area contributed by atoms with Crippen LogP contribution in [0, 0.1) is 0 Å². The van der Waals surface area contributed by atoms with E-state index in [0.717, 1.165) is 0 Å². The Morgan fingerprint density at radius 2 is 0.442 bits per heavy atom. The summed E-state index contributed by atoms with van der Waals surface area (Å²) in [5, 5.41) is 165. The lowest BCUT2D eigenvalue weighted by Crippen LogP contribution is -2.57. The van der Waals surface area contributed by atoms with E-state index >= 15 is 0 Å². The highest BCUT2D eigenvalue weighted by molar-refractivity contribution is 5.82. The van der Waals surface area contributed by atoms with Crippen molar-refractivity contribution in [2.24, 2.45) is 0 Å². The number of carboxylic acids is 4. The second kappa shape index (κ2) is 53.1. The summed E-state index contributed by atoms with van der Waals surface area (Å²) in [5.74, 6) is -10.4. The van der Waals surface area contributed by atoms with Crippen LogP contribution in [-0.4, -0.2) is 471 Å². The maximum Gasteiger partial charge on any atom is 0.323 e. The molecule has 2 aliphatic heterocycles. The van der Waals surface area contributed by atoms with Crippen molar-refractivity contribution in [3.05, 3.63) is 0 Å². The molecule has 44 heteroatoms. The normalized spacial score (nSPS) is 17.4. The van der Waals surface area contributed by atoms with Gasteiger partial charge in [0.05, 0.1) is 105 Å². The number of aliphatic hydroxyl groups excluding tert-OH is 12. The second-order valence-corrected chi connectivity index (χ2v) is 34.4. The highest BCUT2D eigenvalue weighted by Crippen LogP contribution is 2.23. The minimum Gasteiger partial charge on any atom is -0.480 e. The number of hydrogen-bond acceptors (Lipinski definition) is 36. The SMILES string of the molecule is CC(C)(C)OC(=O)CN1CCN([C@H](CCC(=O)NC(CO)(CO)CO)C(=O)OC(C)(C)C)CCN(CC(=O)OC(C)(C)C)CCN([C@H](CCC(=O)NC(CO)(CO)CO)C(=O)OC(C)(C)C)CC1.O=C(O)CN1CCN([C@H](CCC(=O)NC(CO)(CO)CO)C(=O)O)CCN(CC(=O)O)CCN([C@H](CCC(=O)NC(CO)(CO)CO)C(=O)O)CC1. The van der Waals surface area contributed by atoms with Crippen LogP contribution in [-0.2, 0) is 76.5 Å². The Bertz CT molecular complexity index is 2900. The van der Waals surface area contributed by atoms with E-state index in [1.807, 2.05) is 0 Å². The number of esters is 4. The molecule has 2 fully saturated rings. The third kappa shape index (κ3) is 42.8. The monoisotopic (exact) mass is 1730 g/mol. The van der Waals surface area contributed by atoms with Crippen molar-refractivity contribution in [2.75, 3.05) is 210 Å². The van der Waals surface area contributed by atoms with Crippen LogP contribution < -0.4 is 21.3 Å². The average Bonchev–Trinajstić information content (AvgIpc) is 0.847. The van der Waals surface area contributed by atoms with Gasteiger partial charge in [0.25, 0.3) is 0 Å². The molecule has 0 radical (unpaired) electrons. The third-order valence-corrected chi connectivity index (χ3v) is 19.4. The van der Waals surface area contributed by atoms with Crippen molar-refractivity contribution in [3.8, 4) is 0 Å². The highest BCUT2D eigenvalue weighted by atomic mass is 16.6. The van der Waals surface area contributed by atoms with Crippen molar-refractivity contribution in [1.82, 2.24) is 60.5 Å². The Morgan fingerprint density at radius 1 is 0.267 bits per heavy atom. The van der Waals surface area contributed by atoms with E-state index in [0.29, 0.717) is 0 Å². The molecule has 2 rings (SSSR count). The molecule has 696 valence electrons. The van der Waals surface area contributed by atoms with Gasteiger partial charge in [0.15, 0.2) is 0 Å². The standard InChI is InChI=1S/C46H86N6O16.C30H54N6O16/c1-41(2,3)65-37(61)25-49-17-21-51(33(39(63)67-43(7,8)9)13-15-35(59)47-45(27-53,28-54)29-55)23-19-50(26-38(62)66-42(4,5)6)20-24-52(22-18-49)34(40(64)68-44(10,11)12)14-16-36(60)48-46(30-56,31-57)32-58;37-15-29(16-38,17-39)31-23(43)3-1-21(27(49)50)35-9-5-33(13-25(45)46)7-11-36(12-8-34(6-10-35)14-26(47)48)22(28(51)52)2-4-24(44)32-30(18-40,19-41)20-42/h33-34,53-58H,13-32H2,1-12H3,(H,47,59)(H,48,60);21-22,37-42H,1-20H2,(H,31,43)(H,32,44)(H,45,46)(H,47,48)(H,49,50)(H,51,52)/t33-,34-;21-,22-/m11/s1. The first-order valence-corrected chi connectivity index (χ1v) is 40.0. The summed E-state index contributed by atoms with van der Waals surface area (Å²) < 4.78 is 23.1. The van der Waals surface area contributed by atoms with E-state index in [2.05, 4.69) is 21.3 Å². The largest absolute Gasteiger partial charge is 0.480 e. The number of ether oxygens (including phenoxy) is 4. The predicted molar refractivity (Wildman–Crippen MR) is 427 cm³/mol. The fourth-order valence-corrected chi connectivity index (χ4v) is 12.6. The molecule has 0 bridgehead atoms. The third-order valence-electron chi connectivity index (χ3n) is 19.4. The van der Waals surface area contributed by atoms with Gasteiger partial charge in [-0.3, -0.25) is 96.7 Å². The molecule has 0 unspecified atom stereocenters. The van der Waals surface area contributed by atoms with Crippen molar-refractivity contribution >= 4 is 71.4 Å². The first kappa shape index (κ1) is 111. The smallest absolute Gasteiger partial charge is 0.323 e. The van der Waals surface area contributed by atoms with Crippen molar-refractivity contribution in [2.45, 2.75) is 203 Å². The van der Waals surface area contributed by atoms with Gasteiger partial charge in [-0.2, -0.15) is 0 Å². The number of rotatable bonds is 44. The second-order valence-electron chi connectivity index (χ2n) is 34.4. The van der Waals surface area contributed by atoms with Crippen LogP contribution in [0.15, 0.2) is 0 Å². The van der Waals surface area contributed by atoms with Crippen LogP contribution in [0.25, 0.3) is 0 Å². The number of amides is 4. The van der Waals surface area contributed by atoms with Gasteiger partial charge < -0.3 is 122 Å². The van der Waals surface area contributed by atoms with Gasteiger partial charge in [-0.1, -0.05) is 0 Å². The molecular weight excluding hydrogens is 1590 g/mol. The Labute approximate surface area is 700 Å². The lowest BCUT2D eigenvalue weighted by Gasteiger charge is -2.39. The van der Waals surface area contributed by atoms with Gasteiger partial charge in [-0.25, -0.2) is 0 Å². The van der Waals surface area contributed by atoms with E-state index in [9.17, 15) is 139 Å². The van der Waals surface area contributed by atoms with Crippen LogP contribution in [0.2, 0.25) is 0 Å². The Hall–Kier alpha value is -7.16. The summed E-state index contributed by atoms with van der Waals surface area (Å²) in [5.41, 5.74) is -10.4. The number of carbonyl (C=O) groups is 12. The Morgan fingerprint density at radius 3 is 0.608 bits per heavy atom. The van der Waals surface area contributed by atoms with E-state index in [-0.39, 0.29) is 156 Å². The Balaban J connectivity index is 0.00000124. The molecular formula is C76H140N12O32. The minimum atomic E-state index is -1.73. The number of hydrogen-bond donors (Lipinski definition) is 20. The number of aliphatic hydroxyl groups is 12. The number of carboxylic acid groups (broad SMARTS) is 4. The summed E-state index contributed by atoms with van der Waals surface area (Å²) in [6.07, 6.45) is -2.16. The number of nitrogens with zero attached hydrogens (tertiary/aromatic N) is 8. The average molecular weight is 1730 g/mol. The van der Waals surface area contributed by atoms with Gasteiger partial charge in [0.1, 0.15) is 68.7 Å². The zero-order valence-corrected chi connectivity index (χ0v) is 71.9. The summed E-state index contributed by atoms with van der Waals surface area (Å²) in [6.45, 7) is 10.5. The van der Waals surface area contributed by atoms with Gasteiger partial charge >= 0.3 is 47.8 Å². The van der Waals surface area contributed by atoms with Crippen molar-refractivity contribution in [1.29, 1.82) is 0 Å². The zero-order chi connectivity index (χ0) is 91.8. The number of aliphatic carboxylic acids is 4. The van der Waals surface area contributed by atoms with E-state index in [1.54, 1.807) is 103 Å². The van der Waals surface area contributed by atoms with Gasteiger partial charge in [0.2, 0.25) is 23.6 Å².